The molecular formula is C11H13BrF3NO. The Hall–Kier alpha value is -0.590. The second-order valence-electron chi connectivity index (χ2n) is 3.36. The molecule has 17 heavy (non-hydrogen) atoms. The fraction of sp³-hybridized carbons (Fsp3) is 0.455. The van der Waals surface area contributed by atoms with Crippen LogP contribution in [0.15, 0.2) is 22.7 Å². The second-order valence-corrected chi connectivity index (χ2v) is 4.15. The Morgan fingerprint density at radius 1 is 1.35 bits per heavy atom. The largest absolute Gasteiger partial charge is 0.374 e. The molecule has 0 aliphatic rings. The first-order valence-corrected chi connectivity index (χ1v) is 5.90. The lowest BCUT2D eigenvalue weighted by Crippen LogP contribution is -2.20. The van der Waals surface area contributed by atoms with Crippen molar-refractivity contribution in [2.45, 2.75) is 13.0 Å². The van der Waals surface area contributed by atoms with Crippen molar-refractivity contribution in [3.05, 3.63) is 34.1 Å². The Balaban J connectivity index is 2.20. The van der Waals surface area contributed by atoms with Gasteiger partial charge in [0, 0.05) is 13.1 Å². The summed E-state index contributed by atoms with van der Waals surface area (Å²) in [7, 11) is 0. The van der Waals surface area contributed by atoms with Crippen LogP contribution in [0, 0.1) is 5.82 Å². The first-order valence-electron chi connectivity index (χ1n) is 5.10. The summed E-state index contributed by atoms with van der Waals surface area (Å²) < 4.78 is 41.6. The predicted molar refractivity (Wildman–Crippen MR) is 62.6 cm³/mol. The first-order chi connectivity index (χ1) is 8.11. The van der Waals surface area contributed by atoms with Crippen LogP contribution in [-0.4, -0.2) is 26.2 Å². The Morgan fingerprint density at radius 3 is 2.82 bits per heavy atom. The van der Waals surface area contributed by atoms with Gasteiger partial charge in [0.25, 0.3) is 6.43 Å². The van der Waals surface area contributed by atoms with Gasteiger partial charge in [-0.15, -0.1) is 0 Å². The Bertz CT molecular complexity index is 349. The van der Waals surface area contributed by atoms with E-state index in [1.807, 2.05) is 0 Å². The van der Waals surface area contributed by atoms with Crippen LogP contribution in [0.1, 0.15) is 5.56 Å². The zero-order valence-corrected chi connectivity index (χ0v) is 10.6. The quantitative estimate of drug-likeness (QED) is 0.782. The Kier molecular flexibility index (Phi) is 6.54. The third kappa shape index (κ3) is 5.52. The van der Waals surface area contributed by atoms with Crippen molar-refractivity contribution < 1.29 is 17.9 Å². The van der Waals surface area contributed by atoms with Gasteiger partial charge < -0.3 is 10.1 Å². The highest BCUT2D eigenvalue weighted by molar-refractivity contribution is 9.10. The molecule has 0 amide bonds. The molecular weight excluding hydrogens is 299 g/mol. The molecule has 0 saturated heterocycles. The van der Waals surface area contributed by atoms with Crippen LogP contribution in [0.5, 0.6) is 0 Å². The summed E-state index contributed by atoms with van der Waals surface area (Å²) in [6.45, 7) is 0.550. The SMILES string of the molecule is Fc1cccc(CNCCOCC(F)F)c1Br. The fourth-order valence-corrected chi connectivity index (χ4v) is 1.63. The summed E-state index contributed by atoms with van der Waals surface area (Å²) >= 11 is 3.14. The van der Waals surface area contributed by atoms with Crippen LogP contribution in [-0.2, 0) is 11.3 Å². The van der Waals surface area contributed by atoms with Crippen LogP contribution in [0.25, 0.3) is 0 Å². The number of benzene rings is 1. The zero-order chi connectivity index (χ0) is 12.7. The van der Waals surface area contributed by atoms with E-state index in [9.17, 15) is 13.2 Å². The summed E-state index contributed by atoms with van der Waals surface area (Å²) in [5, 5.41) is 2.98. The van der Waals surface area contributed by atoms with Crippen LogP contribution in [0.2, 0.25) is 0 Å². The van der Waals surface area contributed by atoms with E-state index >= 15 is 0 Å². The lowest BCUT2D eigenvalue weighted by molar-refractivity contribution is 0.0187. The van der Waals surface area contributed by atoms with Gasteiger partial charge in [0.05, 0.1) is 11.1 Å². The molecule has 0 bridgehead atoms. The molecule has 0 saturated carbocycles. The molecule has 0 aliphatic heterocycles. The maximum Gasteiger partial charge on any atom is 0.261 e. The number of hydrogen-bond acceptors (Lipinski definition) is 2. The van der Waals surface area contributed by atoms with E-state index in [0.717, 1.165) is 5.56 Å². The lowest BCUT2D eigenvalue weighted by Gasteiger charge is -2.08. The third-order valence-electron chi connectivity index (χ3n) is 2.01. The molecule has 0 aliphatic carbocycles. The molecule has 0 fully saturated rings. The van der Waals surface area contributed by atoms with E-state index in [2.05, 4.69) is 26.0 Å². The van der Waals surface area contributed by atoms with Crippen molar-refractivity contribution in [3.63, 3.8) is 0 Å². The van der Waals surface area contributed by atoms with E-state index in [0.29, 0.717) is 17.6 Å². The predicted octanol–water partition coefficient (Wildman–Crippen LogP) is 2.96. The van der Waals surface area contributed by atoms with Gasteiger partial charge in [-0.1, -0.05) is 12.1 Å². The monoisotopic (exact) mass is 311 g/mol. The Morgan fingerprint density at radius 2 is 2.12 bits per heavy atom. The average molecular weight is 312 g/mol. The molecule has 0 atom stereocenters. The number of alkyl halides is 2. The van der Waals surface area contributed by atoms with Gasteiger partial charge in [-0.25, -0.2) is 13.2 Å². The lowest BCUT2D eigenvalue weighted by atomic mass is 10.2. The molecule has 1 aromatic carbocycles. The second kappa shape index (κ2) is 7.68. The molecule has 0 radical (unpaired) electrons. The molecule has 1 aromatic rings. The van der Waals surface area contributed by atoms with Crippen LogP contribution in [0.3, 0.4) is 0 Å². The number of rotatable bonds is 7. The van der Waals surface area contributed by atoms with Gasteiger partial charge in [-0.2, -0.15) is 0 Å². The van der Waals surface area contributed by atoms with Crippen molar-refractivity contribution in [3.8, 4) is 0 Å². The summed E-state index contributed by atoms with van der Waals surface area (Å²) in [5.41, 5.74) is 0.777. The highest BCUT2D eigenvalue weighted by Crippen LogP contribution is 2.19. The normalized spacial score (nSPS) is 11.1. The summed E-state index contributed by atoms with van der Waals surface area (Å²) in [4.78, 5) is 0. The van der Waals surface area contributed by atoms with Crippen LogP contribution < -0.4 is 5.32 Å². The molecule has 2 nitrogen and oxygen atoms in total. The first kappa shape index (κ1) is 14.5. The van der Waals surface area contributed by atoms with E-state index < -0.39 is 13.0 Å². The van der Waals surface area contributed by atoms with Crippen molar-refractivity contribution in [1.29, 1.82) is 0 Å². The van der Waals surface area contributed by atoms with Crippen molar-refractivity contribution >= 4 is 15.9 Å². The summed E-state index contributed by atoms with van der Waals surface area (Å²) in [6, 6.07) is 4.75. The minimum absolute atomic E-state index is 0.206. The minimum Gasteiger partial charge on any atom is -0.374 e. The smallest absolute Gasteiger partial charge is 0.261 e. The van der Waals surface area contributed by atoms with Gasteiger partial charge >= 0.3 is 0 Å². The molecule has 0 heterocycles. The number of hydrogen-bond donors (Lipinski definition) is 1. The van der Waals surface area contributed by atoms with Crippen molar-refractivity contribution in [2.75, 3.05) is 19.8 Å². The van der Waals surface area contributed by atoms with Gasteiger partial charge in [0.1, 0.15) is 12.4 Å². The molecule has 0 spiro atoms. The standard InChI is InChI=1S/C11H13BrF3NO/c12-11-8(2-1-3-9(11)13)6-16-4-5-17-7-10(14)15/h1-3,10,16H,4-7H2. The van der Waals surface area contributed by atoms with Gasteiger partial charge in [0.15, 0.2) is 0 Å². The van der Waals surface area contributed by atoms with Gasteiger partial charge in [-0.3, -0.25) is 0 Å². The van der Waals surface area contributed by atoms with E-state index in [-0.39, 0.29) is 12.4 Å². The number of ether oxygens (including phenoxy) is 1. The van der Waals surface area contributed by atoms with Crippen LogP contribution >= 0.6 is 15.9 Å². The number of nitrogens with one attached hydrogen (secondary N) is 1. The summed E-state index contributed by atoms with van der Waals surface area (Å²) in [6.07, 6.45) is -2.44. The third-order valence-corrected chi connectivity index (χ3v) is 2.90. The van der Waals surface area contributed by atoms with Crippen molar-refractivity contribution in [2.24, 2.45) is 0 Å². The minimum atomic E-state index is -2.44. The molecule has 1 rings (SSSR count). The molecule has 6 heteroatoms. The van der Waals surface area contributed by atoms with Crippen LogP contribution in [0.4, 0.5) is 13.2 Å². The highest BCUT2D eigenvalue weighted by atomic mass is 79.9. The topological polar surface area (TPSA) is 21.3 Å². The summed E-state index contributed by atoms with van der Waals surface area (Å²) in [5.74, 6) is -0.321. The molecule has 96 valence electrons. The fourth-order valence-electron chi connectivity index (χ4n) is 1.22. The maximum absolute atomic E-state index is 13.1. The average Bonchev–Trinajstić information content (AvgIpc) is 2.28. The Labute approximate surface area is 106 Å². The van der Waals surface area contributed by atoms with E-state index in [1.54, 1.807) is 12.1 Å². The van der Waals surface area contributed by atoms with E-state index in [4.69, 9.17) is 0 Å². The van der Waals surface area contributed by atoms with Gasteiger partial charge in [0.2, 0.25) is 0 Å². The van der Waals surface area contributed by atoms with Gasteiger partial charge in [-0.05, 0) is 27.6 Å². The van der Waals surface area contributed by atoms with Crippen molar-refractivity contribution in [1.82, 2.24) is 5.32 Å². The number of halogens is 4. The molecule has 1 N–H and O–H groups in total. The zero-order valence-electron chi connectivity index (χ0n) is 9.06. The molecule has 0 unspecified atom stereocenters. The van der Waals surface area contributed by atoms with E-state index in [1.165, 1.54) is 6.07 Å². The maximum atomic E-state index is 13.1. The molecule has 0 aromatic heterocycles. The highest BCUT2D eigenvalue weighted by Gasteiger charge is 2.04.